The molecule has 5 rings (SSSR count). The smallest absolute Gasteiger partial charge is 0.392 e. The second-order valence-corrected chi connectivity index (χ2v) is 10.5. The van der Waals surface area contributed by atoms with Crippen LogP contribution >= 0.6 is 0 Å². The van der Waals surface area contributed by atoms with Gasteiger partial charge >= 0.3 is 15.4 Å². The van der Waals surface area contributed by atoms with Crippen molar-refractivity contribution in [3.8, 4) is 5.75 Å². The summed E-state index contributed by atoms with van der Waals surface area (Å²) in [6.45, 7) is -0.844. The first-order valence-corrected chi connectivity index (χ1v) is 11.2. The van der Waals surface area contributed by atoms with Crippen molar-refractivity contribution in [2.24, 2.45) is 23.2 Å². The Kier molecular flexibility index (Phi) is 5.17. The largest absolute Gasteiger partial charge is 0.493 e. The molecule has 0 aromatic heterocycles. The minimum absolute atomic E-state index is 0.180. The van der Waals surface area contributed by atoms with Crippen molar-refractivity contribution in [3.05, 3.63) is 29.8 Å². The van der Waals surface area contributed by atoms with Crippen LogP contribution in [0.3, 0.4) is 0 Å². The van der Waals surface area contributed by atoms with E-state index in [0.717, 1.165) is 30.1 Å². The molecule has 156 valence electrons. The van der Waals surface area contributed by atoms with Crippen LogP contribution in [0.15, 0.2) is 24.3 Å². The summed E-state index contributed by atoms with van der Waals surface area (Å²) in [6.07, 6.45) is 7.99. The highest BCUT2D eigenvalue weighted by atomic mass is 32.2. The zero-order valence-corrected chi connectivity index (χ0v) is 16.5. The second-order valence-electron chi connectivity index (χ2n) is 8.96. The summed E-state index contributed by atoms with van der Waals surface area (Å²) in [5.41, 5.74) is 0.936. The molecule has 4 fully saturated rings. The first-order valence-electron chi connectivity index (χ1n) is 9.79. The van der Waals surface area contributed by atoms with E-state index >= 15 is 0 Å². The second kappa shape index (κ2) is 7.22. The van der Waals surface area contributed by atoms with E-state index in [4.69, 9.17) is 14.0 Å². The van der Waals surface area contributed by atoms with Crippen LogP contribution in [0.5, 0.6) is 5.75 Å². The molecule has 4 aliphatic rings. The monoisotopic (exact) mass is 416 g/mol. The molecule has 0 spiro atoms. The Balaban J connectivity index is 1.27. The molecule has 0 unspecified atom stereocenters. The number of ether oxygens (including phenoxy) is 2. The van der Waals surface area contributed by atoms with Gasteiger partial charge in [0.05, 0.1) is 13.2 Å². The Labute approximate surface area is 164 Å². The van der Waals surface area contributed by atoms with Gasteiger partial charge in [-0.3, -0.25) is 4.55 Å². The molecule has 5 nitrogen and oxygen atoms in total. The summed E-state index contributed by atoms with van der Waals surface area (Å²) in [4.78, 5) is 0. The fourth-order valence-electron chi connectivity index (χ4n) is 5.75. The highest BCUT2D eigenvalue weighted by Crippen LogP contribution is 2.60. The molecule has 0 heterocycles. The van der Waals surface area contributed by atoms with Gasteiger partial charge in [-0.2, -0.15) is 17.2 Å². The van der Waals surface area contributed by atoms with E-state index in [-0.39, 0.29) is 6.61 Å². The molecule has 8 heteroatoms. The van der Waals surface area contributed by atoms with Gasteiger partial charge in [-0.15, -0.1) is 0 Å². The fraction of sp³-hybridized carbons (Fsp3) is 0.700. The van der Waals surface area contributed by atoms with Crippen LogP contribution in [0.25, 0.3) is 0 Å². The highest BCUT2D eigenvalue weighted by Gasteiger charge is 2.51. The van der Waals surface area contributed by atoms with E-state index in [2.05, 4.69) is 0 Å². The molecule has 4 aliphatic carbocycles. The molecule has 28 heavy (non-hydrogen) atoms. The van der Waals surface area contributed by atoms with Gasteiger partial charge in [-0.1, -0.05) is 12.1 Å². The predicted octanol–water partition coefficient (Wildman–Crippen LogP) is 4.28. The van der Waals surface area contributed by atoms with Crippen LogP contribution in [0.1, 0.15) is 44.1 Å². The molecule has 0 saturated heterocycles. The maximum absolute atomic E-state index is 13.1. The van der Waals surface area contributed by atoms with E-state index in [9.17, 15) is 17.2 Å². The van der Waals surface area contributed by atoms with E-state index in [1.54, 1.807) is 24.3 Å². The average molecular weight is 416 g/mol. The Morgan fingerprint density at radius 1 is 1.04 bits per heavy atom. The molecule has 0 aliphatic heterocycles. The minimum atomic E-state index is -5.47. The standard InChI is InChI=1S/C20H26F2O5S/c21-20(22,28(23,24)25)13-26-11-14-1-3-18(4-2-14)27-12-19-8-15-5-16(9-19)7-17(6-15)10-19/h1-4,15-17H,5-13H2,(H,23,24,25). The maximum Gasteiger partial charge on any atom is 0.392 e. The van der Waals surface area contributed by atoms with Crippen molar-refractivity contribution in [3.63, 3.8) is 0 Å². The van der Waals surface area contributed by atoms with Crippen LogP contribution < -0.4 is 4.74 Å². The lowest BCUT2D eigenvalue weighted by atomic mass is 9.50. The van der Waals surface area contributed by atoms with E-state index in [0.29, 0.717) is 11.0 Å². The zero-order valence-electron chi connectivity index (χ0n) is 15.6. The summed E-state index contributed by atoms with van der Waals surface area (Å²) in [5, 5.41) is -4.31. The lowest BCUT2D eigenvalue weighted by Crippen LogP contribution is -2.48. The number of hydrogen-bond acceptors (Lipinski definition) is 4. The molecule has 0 radical (unpaired) electrons. The van der Waals surface area contributed by atoms with Crippen LogP contribution in [0.4, 0.5) is 8.78 Å². The first kappa shape index (κ1) is 20.0. The minimum Gasteiger partial charge on any atom is -0.493 e. The summed E-state index contributed by atoms with van der Waals surface area (Å²) < 4.78 is 66.6. The fourth-order valence-corrected chi connectivity index (χ4v) is 5.98. The number of halogens is 2. The van der Waals surface area contributed by atoms with E-state index in [1.807, 2.05) is 0 Å². The molecule has 4 saturated carbocycles. The van der Waals surface area contributed by atoms with Crippen molar-refractivity contribution in [1.29, 1.82) is 0 Å². The molecular weight excluding hydrogens is 390 g/mol. The van der Waals surface area contributed by atoms with Gasteiger partial charge in [0.25, 0.3) is 0 Å². The van der Waals surface area contributed by atoms with Crippen molar-refractivity contribution in [1.82, 2.24) is 0 Å². The van der Waals surface area contributed by atoms with Crippen molar-refractivity contribution >= 4 is 10.1 Å². The van der Waals surface area contributed by atoms with Crippen molar-refractivity contribution < 1.29 is 31.2 Å². The summed E-state index contributed by atoms with van der Waals surface area (Å²) in [5.74, 6) is 3.35. The lowest BCUT2D eigenvalue weighted by Gasteiger charge is -2.56. The lowest BCUT2D eigenvalue weighted by molar-refractivity contribution is -0.0745. The molecule has 1 aromatic rings. The third-order valence-electron chi connectivity index (χ3n) is 6.55. The first-order chi connectivity index (χ1) is 13.1. The van der Waals surface area contributed by atoms with E-state index in [1.165, 1.54) is 38.5 Å². The predicted molar refractivity (Wildman–Crippen MR) is 98.7 cm³/mol. The topological polar surface area (TPSA) is 72.8 Å². The molecule has 0 atom stereocenters. The molecule has 4 bridgehead atoms. The van der Waals surface area contributed by atoms with Crippen LogP contribution in [-0.2, 0) is 21.5 Å². The number of alkyl halides is 2. The highest BCUT2D eigenvalue weighted by molar-refractivity contribution is 7.86. The Hall–Kier alpha value is -1.25. The molecule has 1 aromatic carbocycles. The SMILES string of the molecule is O=S(=O)(O)C(F)(F)COCc1ccc(OCC23CC4CC(CC(C4)C2)C3)cc1. The van der Waals surface area contributed by atoms with Gasteiger partial charge in [0.1, 0.15) is 12.4 Å². The van der Waals surface area contributed by atoms with Gasteiger partial charge < -0.3 is 9.47 Å². The van der Waals surface area contributed by atoms with Gasteiger partial charge in [0, 0.05) is 5.41 Å². The number of benzene rings is 1. The van der Waals surface area contributed by atoms with Crippen LogP contribution in [0, 0.1) is 23.2 Å². The maximum atomic E-state index is 13.1. The third-order valence-corrected chi connectivity index (χ3v) is 7.42. The normalized spacial score (nSPS) is 31.9. The Morgan fingerprint density at radius 3 is 2.07 bits per heavy atom. The van der Waals surface area contributed by atoms with Crippen molar-refractivity contribution in [2.45, 2.75) is 50.4 Å². The summed E-state index contributed by atoms with van der Waals surface area (Å²) in [7, 11) is -5.47. The number of hydrogen-bond donors (Lipinski definition) is 1. The summed E-state index contributed by atoms with van der Waals surface area (Å²) in [6, 6.07) is 6.97. The summed E-state index contributed by atoms with van der Waals surface area (Å²) >= 11 is 0. The van der Waals surface area contributed by atoms with Crippen LogP contribution in [-0.4, -0.2) is 31.4 Å². The van der Waals surface area contributed by atoms with Gasteiger partial charge in [0.15, 0.2) is 0 Å². The molecule has 0 amide bonds. The third kappa shape index (κ3) is 4.19. The Bertz CT molecular complexity index is 771. The Morgan fingerprint density at radius 2 is 1.57 bits per heavy atom. The quantitative estimate of drug-likeness (QED) is 0.641. The van der Waals surface area contributed by atoms with Gasteiger partial charge in [0.2, 0.25) is 0 Å². The number of rotatable bonds is 8. The van der Waals surface area contributed by atoms with Crippen molar-refractivity contribution in [2.75, 3.05) is 13.2 Å². The van der Waals surface area contributed by atoms with Gasteiger partial charge in [-0.05, 0) is 74.0 Å². The van der Waals surface area contributed by atoms with E-state index < -0.39 is 22.0 Å². The molecule has 1 N–H and O–H groups in total. The molecular formula is C20H26F2O5S. The van der Waals surface area contributed by atoms with Crippen LogP contribution in [0.2, 0.25) is 0 Å². The average Bonchev–Trinajstić information content (AvgIpc) is 2.59. The van der Waals surface area contributed by atoms with Gasteiger partial charge in [-0.25, -0.2) is 0 Å². The zero-order chi connectivity index (χ0) is 20.0.